The Bertz CT molecular complexity index is 741. The number of ether oxygens (including phenoxy) is 3. The molecule has 1 amide bonds. The number of hydrogen-bond donors (Lipinski definition) is 0. The van der Waals surface area contributed by atoms with Crippen molar-refractivity contribution >= 4 is 17.7 Å². The van der Waals surface area contributed by atoms with Crippen molar-refractivity contribution in [3.63, 3.8) is 0 Å². The lowest BCUT2D eigenvalue weighted by molar-refractivity contribution is -0.132. The van der Waals surface area contributed by atoms with E-state index in [1.165, 1.54) is 0 Å². The Balaban J connectivity index is 1.98. The third kappa shape index (κ3) is 3.75. The van der Waals surface area contributed by atoms with Gasteiger partial charge in [-0.2, -0.15) is 0 Å². The van der Waals surface area contributed by atoms with Gasteiger partial charge in [0.05, 0.1) is 21.3 Å². The van der Waals surface area contributed by atoms with Crippen LogP contribution in [0.15, 0.2) is 42.5 Å². The summed E-state index contributed by atoms with van der Waals surface area (Å²) in [6.07, 6.45) is 0.554. The van der Waals surface area contributed by atoms with E-state index < -0.39 is 0 Å². The summed E-state index contributed by atoms with van der Waals surface area (Å²) in [6, 6.07) is 13.9. The summed E-state index contributed by atoms with van der Waals surface area (Å²) in [5.74, 6) is 2.71. The van der Waals surface area contributed by atoms with Crippen molar-refractivity contribution in [3.05, 3.63) is 53.6 Å². The highest BCUT2D eigenvalue weighted by Gasteiger charge is 2.31. The number of carbonyl (C=O) groups excluding carboxylic acids is 1. The molecule has 0 aromatic heterocycles. The van der Waals surface area contributed by atoms with Gasteiger partial charge in [-0.25, -0.2) is 0 Å². The number of thioether (sulfide) groups is 1. The predicted octanol–water partition coefficient (Wildman–Crippen LogP) is 3.88. The normalized spacial score (nSPS) is 17.1. The largest absolute Gasteiger partial charge is 0.493 e. The van der Waals surface area contributed by atoms with Crippen LogP contribution in [0.4, 0.5) is 0 Å². The van der Waals surface area contributed by atoms with Gasteiger partial charge in [0.25, 0.3) is 0 Å². The molecule has 0 aliphatic carbocycles. The fourth-order valence-corrected chi connectivity index (χ4v) is 4.31. The van der Waals surface area contributed by atoms with Crippen molar-refractivity contribution in [2.24, 2.45) is 0 Å². The standard InChI is InChI=1S/C20H23NO4S/c1-23-16-11-15(12-17(24-2)19(16)25-3)20-21(18(22)9-10-26-20)13-14-7-5-4-6-8-14/h4-8,11-12,20H,9-10,13H2,1-3H3. The van der Waals surface area contributed by atoms with Crippen LogP contribution < -0.4 is 14.2 Å². The average molecular weight is 373 g/mol. The summed E-state index contributed by atoms with van der Waals surface area (Å²) in [4.78, 5) is 14.6. The molecule has 3 rings (SSSR count). The lowest BCUT2D eigenvalue weighted by Gasteiger charge is -2.36. The molecule has 0 N–H and O–H groups in total. The fraction of sp³-hybridized carbons (Fsp3) is 0.350. The SMILES string of the molecule is COc1cc(C2SCCC(=O)N2Cc2ccccc2)cc(OC)c1OC. The zero-order valence-corrected chi connectivity index (χ0v) is 16.0. The highest BCUT2D eigenvalue weighted by molar-refractivity contribution is 7.99. The second-order valence-corrected chi connectivity index (χ2v) is 7.13. The minimum Gasteiger partial charge on any atom is -0.493 e. The smallest absolute Gasteiger partial charge is 0.224 e. The van der Waals surface area contributed by atoms with Gasteiger partial charge in [0.15, 0.2) is 11.5 Å². The molecule has 6 heteroatoms. The predicted molar refractivity (Wildman–Crippen MR) is 103 cm³/mol. The number of benzene rings is 2. The molecule has 1 atom stereocenters. The Kier molecular flexibility index (Phi) is 5.93. The molecule has 1 fully saturated rings. The van der Waals surface area contributed by atoms with Crippen LogP contribution in [-0.2, 0) is 11.3 Å². The minimum absolute atomic E-state index is 0.0924. The van der Waals surface area contributed by atoms with Gasteiger partial charge in [-0.05, 0) is 23.3 Å². The Morgan fingerprint density at radius 1 is 1.04 bits per heavy atom. The first kappa shape index (κ1) is 18.5. The van der Waals surface area contributed by atoms with Crippen LogP contribution in [-0.4, -0.2) is 37.9 Å². The third-order valence-corrected chi connectivity index (χ3v) is 5.65. The van der Waals surface area contributed by atoms with E-state index in [-0.39, 0.29) is 11.3 Å². The van der Waals surface area contributed by atoms with Gasteiger partial charge >= 0.3 is 0 Å². The first-order valence-corrected chi connectivity index (χ1v) is 9.47. The maximum Gasteiger partial charge on any atom is 0.224 e. The molecule has 0 radical (unpaired) electrons. The molecule has 2 aromatic rings. The molecule has 2 aromatic carbocycles. The van der Waals surface area contributed by atoms with Crippen LogP contribution in [0.5, 0.6) is 17.2 Å². The summed E-state index contributed by atoms with van der Waals surface area (Å²) < 4.78 is 16.4. The Morgan fingerprint density at radius 3 is 2.27 bits per heavy atom. The second kappa shape index (κ2) is 8.36. The molecule has 1 unspecified atom stereocenters. The Hall–Kier alpha value is -2.34. The zero-order valence-electron chi connectivity index (χ0n) is 15.2. The van der Waals surface area contributed by atoms with Gasteiger partial charge < -0.3 is 19.1 Å². The highest BCUT2D eigenvalue weighted by atomic mass is 32.2. The van der Waals surface area contributed by atoms with Gasteiger partial charge in [0.1, 0.15) is 5.37 Å². The summed E-state index contributed by atoms with van der Waals surface area (Å²) in [5.41, 5.74) is 2.08. The van der Waals surface area contributed by atoms with Crippen molar-refractivity contribution in [1.29, 1.82) is 0 Å². The molecular weight excluding hydrogens is 350 g/mol. The van der Waals surface area contributed by atoms with Gasteiger partial charge in [0, 0.05) is 18.7 Å². The van der Waals surface area contributed by atoms with E-state index in [1.807, 2.05) is 47.4 Å². The van der Waals surface area contributed by atoms with Gasteiger partial charge in [-0.1, -0.05) is 30.3 Å². The van der Waals surface area contributed by atoms with Gasteiger partial charge in [0.2, 0.25) is 11.7 Å². The molecule has 1 saturated heterocycles. The quantitative estimate of drug-likeness (QED) is 0.769. The topological polar surface area (TPSA) is 48.0 Å². The van der Waals surface area contributed by atoms with Crippen LogP contribution in [0.2, 0.25) is 0 Å². The highest BCUT2D eigenvalue weighted by Crippen LogP contribution is 2.45. The summed E-state index contributed by atoms with van der Waals surface area (Å²) in [5, 5.41) is -0.0924. The van der Waals surface area contributed by atoms with Crippen molar-refractivity contribution in [3.8, 4) is 17.2 Å². The van der Waals surface area contributed by atoms with Crippen LogP contribution in [0.3, 0.4) is 0 Å². The molecule has 5 nitrogen and oxygen atoms in total. The summed E-state index contributed by atoms with van der Waals surface area (Å²) in [6.45, 7) is 0.577. The maximum atomic E-state index is 12.6. The molecule has 1 aliphatic rings. The summed E-state index contributed by atoms with van der Waals surface area (Å²) in [7, 11) is 4.78. The number of hydrogen-bond acceptors (Lipinski definition) is 5. The molecule has 0 saturated carbocycles. The molecular formula is C20H23NO4S. The van der Waals surface area contributed by atoms with E-state index >= 15 is 0 Å². The summed E-state index contributed by atoms with van der Waals surface area (Å²) >= 11 is 1.75. The lowest BCUT2D eigenvalue weighted by atomic mass is 10.1. The Labute approximate surface area is 158 Å². The molecule has 26 heavy (non-hydrogen) atoms. The van der Waals surface area contributed by atoms with E-state index in [0.29, 0.717) is 30.2 Å². The van der Waals surface area contributed by atoms with E-state index in [1.54, 1.807) is 33.1 Å². The maximum absolute atomic E-state index is 12.6. The average Bonchev–Trinajstić information content (AvgIpc) is 2.69. The van der Waals surface area contributed by atoms with Crippen LogP contribution in [0.1, 0.15) is 22.9 Å². The fourth-order valence-electron chi connectivity index (χ4n) is 3.09. The third-order valence-electron chi connectivity index (χ3n) is 4.36. The Morgan fingerprint density at radius 2 is 1.69 bits per heavy atom. The van der Waals surface area contributed by atoms with E-state index in [4.69, 9.17) is 14.2 Å². The molecule has 0 bridgehead atoms. The lowest BCUT2D eigenvalue weighted by Crippen LogP contribution is -2.36. The first-order chi connectivity index (χ1) is 12.7. The van der Waals surface area contributed by atoms with Crippen molar-refractivity contribution in [2.45, 2.75) is 18.3 Å². The first-order valence-electron chi connectivity index (χ1n) is 8.42. The van der Waals surface area contributed by atoms with Crippen LogP contribution >= 0.6 is 11.8 Å². The van der Waals surface area contributed by atoms with Crippen LogP contribution in [0.25, 0.3) is 0 Å². The zero-order chi connectivity index (χ0) is 18.5. The van der Waals surface area contributed by atoms with Crippen molar-refractivity contribution < 1.29 is 19.0 Å². The van der Waals surface area contributed by atoms with Crippen molar-refractivity contribution in [1.82, 2.24) is 4.90 Å². The van der Waals surface area contributed by atoms with E-state index in [2.05, 4.69) is 0 Å². The molecule has 1 heterocycles. The monoisotopic (exact) mass is 373 g/mol. The second-order valence-electron chi connectivity index (χ2n) is 5.94. The number of nitrogens with zero attached hydrogens (tertiary/aromatic N) is 1. The number of methoxy groups -OCH3 is 3. The van der Waals surface area contributed by atoms with Crippen LogP contribution in [0, 0.1) is 0 Å². The minimum atomic E-state index is -0.0924. The van der Waals surface area contributed by atoms with E-state index in [0.717, 1.165) is 16.9 Å². The van der Waals surface area contributed by atoms with E-state index in [9.17, 15) is 4.79 Å². The molecule has 0 spiro atoms. The molecule has 1 aliphatic heterocycles. The van der Waals surface area contributed by atoms with Gasteiger partial charge in [-0.15, -0.1) is 11.8 Å². The number of carbonyl (C=O) groups is 1. The van der Waals surface area contributed by atoms with Crippen molar-refractivity contribution in [2.75, 3.05) is 27.1 Å². The number of amides is 1. The molecule has 138 valence electrons. The van der Waals surface area contributed by atoms with Gasteiger partial charge in [-0.3, -0.25) is 4.79 Å². The number of rotatable bonds is 6.